The predicted octanol–water partition coefficient (Wildman–Crippen LogP) is 1.57. The van der Waals surface area contributed by atoms with E-state index in [0.717, 1.165) is 18.8 Å². The highest BCUT2D eigenvalue weighted by molar-refractivity contribution is 7.98. The van der Waals surface area contributed by atoms with Crippen LogP contribution in [0.15, 0.2) is 0 Å². The van der Waals surface area contributed by atoms with Gasteiger partial charge in [0.25, 0.3) is 0 Å². The number of carbonyl (C=O) groups is 2. The van der Waals surface area contributed by atoms with Crippen LogP contribution in [0.1, 0.15) is 39.0 Å². The van der Waals surface area contributed by atoms with E-state index in [0.29, 0.717) is 18.9 Å². The van der Waals surface area contributed by atoms with Crippen molar-refractivity contribution in [1.29, 1.82) is 0 Å². The Bertz CT molecular complexity index is 326. The van der Waals surface area contributed by atoms with E-state index in [1.54, 1.807) is 11.8 Å². The van der Waals surface area contributed by atoms with Gasteiger partial charge < -0.3 is 15.3 Å². The molecule has 2 unspecified atom stereocenters. The fourth-order valence-electron chi connectivity index (χ4n) is 2.49. The molecule has 6 heteroatoms. The van der Waals surface area contributed by atoms with Gasteiger partial charge in [-0.25, -0.2) is 4.79 Å². The average Bonchev–Trinajstić information content (AvgIpc) is 2.42. The molecule has 1 fully saturated rings. The van der Waals surface area contributed by atoms with Crippen molar-refractivity contribution in [3.63, 3.8) is 0 Å². The Kier molecular flexibility index (Phi) is 7.99. The first kappa shape index (κ1) is 17.3. The molecule has 2 atom stereocenters. The van der Waals surface area contributed by atoms with Gasteiger partial charge in [-0.1, -0.05) is 6.42 Å². The van der Waals surface area contributed by atoms with Gasteiger partial charge in [0.2, 0.25) is 5.91 Å². The van der Waals surface area contributed by atoms with Crippen LogP contribution < -0.4 is 5.32 Å². The normalized spacial score (nSPS) is 21.4. The molecule has 0 spiro atoms. The molecule has 1 saturated heterocycles. The Labute approximate surface area is 125 Å². The second-order valence-corrected chi connectivity index (χ2v) is 6.36. The number of nitrogens with one attached hydrogen (secondary N) is 1. The number of hydrogen-bond acceptors (Lipinski definition) is 4. The number of thioether (sulfide) groups is 1. The van der Waals surface area contributed by atoms with Crippen molar-refractivity contribution in [3.05, 3.63) is 0 Å². The fraction of sp³-hybridized carbons (Fsp3) is 0.857. The van der Waals surface area contributed by atoms with Crippen LogP contribution in [0.5, 0.6) is 0 Å². The summed E-state index contributed by atoms with van der Waals surface area (Å²) in [6.07, 6.45) is 6.43. The number of piperidine rings is 1. The standard InChI is InChI=1S/C14H26N2O3S/c1-11-5-3-4-8-16(11)9-6-13(17)15-12(14(18)19)7-10-20-2/h11-12H,3-10H2,1-2H3,(H,15,17)(H,18,19). The van der Waals surface area contributed by atoms with Crippen molar-refractivity contribution in [2.45, 2.75) is 51.1 Å². The molecule has 1 heterocycles. The SMILES string of the molecule is CSCCC(NC(=O)CCN1CCCCC1C)C(=O)O. The topological polar surface area (TPSA) is 69.6 Å². The van der Waals surface area contributed by atoms with Gasteiger partial charge in [-0.2, -0.15) is 11.8 Å². The molecule has 1 amide bonds. The second-order valence-electron chi connectivity index (χ2n) is 5.37. The van der Waals surface area contributed by atoms with Crippen molar-refractivity contribution in [2.24, 2.45) is 0 Å². The lowest BCUT2D eigenvalue weighted by Crippen LogP contribution is -2.44. The van der Waals surface area contributed by atoms with Gasteiger partial charge in [0.05, 0.1) is 0 Å². The highest BCUT2D eigenvalue weighted by Gasteiger charge is 2.21. The Morgan fingerprint density at radius 2 is 2.20 bits per heavy atom. The minimum atomic E-state index is -0.946. The van der Waals surface area contributed by atoms with Crippen LogP contribution in [-0.4, -0.2) is 59.1 Å². The summed E-state index contributed by atoms with van der Waals surface area (Å²) < 4.78 is 0. The summed E-state index contributed by atoms with van der Waals surface area (Å²) in [5.74, 6) is -0.365. The molecule has 0 aromatic carbocycles. The molecule has 0 aromatic rings. The number of aliphatic carboxylic acids is 1. The van der Waals surface area contributed by atoms with Crippen molar-refractivity contribution >= 4 is 23.6 Å². The number of carbonyl (C=O) groups excluding carboxylic acids is 1. The maximum Gasteiger partial charge on any atom is 0.326 e. The Morgan fingerprint density at radius 1 is 1.45 bits per heavy atom. The van der Waals surface area contributed by atoms with E-state index >= 15 is 0 Å². The molecule has 116 valence electrons. The molecule has 1 rings (SSSR count). The lowest BCUT2D eigenvalue weighted by Gasteiger charge is -2.33. The van der Waals surface area contributed by atoms with Gasteiger partial charge in [-0.15, -0.1) is 0 Å². The third-order valence-electron chi connectivity index (χ3n) is 3.81. The molecule has 2 N–H and O–H groups in total. The van der Waals surface area contributed by atoms with E-state index in [2.05, 4.69) is 17.1 Å². The summed E-state index contributed by atoms with van der Waals surface area (Å²) in [7, 11) is 0. The molecule has 0 bridgehead atoms. The van der Waals surface area contributed by atoms with Gasteiger partial charge in [0, 0.05) is 19.0 Å². The van der Waals surface area contributed by atoms with E-state index in [-0.39, 0.29) is 5.91 Å². The van der Waals surface area contributed by atoms with Crippen LogP contribution in [0.4, 0.5) is 0 Å². The summed E-state index contributed by atoms with van der Waals surface area (Å²) in [4.78, 5) is 25.2. The lowest BCUT2D eigenvalue weighted by atomic mass is 10.0. The minimum Gasteiger partial charge on any atom is -0.480 e. The van der Waals surface area contributed by atoms with E-state index in [1.807, 2.05) is 6.26 Å². The highest BCUT2D eigenvalue weighted by atomic mass is 32.2. The number of hydrogen-bond donors (Lipinski definition) is 2. The van der Waals surface area contributed by atoms with Crippen molar-refractivity contribution < 1.29 is 14.7 Å². The van der Waals surface area contributed by atoms with Crippen LogP contribution in [0, 0.1) is 0 Å². The fourth-order valence-corrected chi connectivity index (χ4v) is 2.97. The second kappa shape index (κ2) is 9.23. The van der Waals surface area contributed by atoms with Crippen LogP contribution in [-0.2, 0) is 9.59 Å². The van der Waals surface area contributed by atoms with Gasteiger partial charge in [-0.05, 0) is 44.7 Å². The largest absolute Gasteiger partial charge is 0.480 e. The van der Waals surface area contributed by atoms with Crippen LogP contribution in [0.25, 0.3) is 0 Å². The van der Waals surface area contributed by atoms with Gasteiger partial charge >= 0.3 is 5.97 Å². The van der Waals surface area contributed by atoms with Gasteiger partial charge in [0.15, 0.2) is 0 Å². The van der Waals surface area contributed by atoms with Crippen molar-refractivity contribution in [3.8, 4) is 0 Å². The lowest BCUT2D eigenvalue weighted by molar-refractivity contribution is -0.141. The molecule has 0 aliphatic carbocycles. The molecular weight excluding hydrogens is 276 g/mol. The molecule has 0 radical (unpaired) electrons. The number of carboxylic acid groups (broad SMARTS) is 1. The first-order valence-corrected chi connectivity index (χ1v) is 8.69. The zero-order valence-electron chi connectivity index (χ0n) is 12.4. The van der Waals surface area contributed by atoms with E-state index in [1.165, 1.54) is 19.3 Å². The summed E-state index contributed by atoms with van der Waals surface area (Å²) >= 11 is 1.59. The van der Waals surface area contributed by atoms with Crippen LogP contribution >= 0.6 is 11.8 Å². The molecule has 20 heavy (non-hydrogen) atoms. The van der Waals surface area contributed by atoms with Crippen molar-refractivity contribution in [2.75, 3.05) is 25.1 Å². The number of amides is 1. The van der Waals surface area contributed by atoms with E-state index in [9.17, 15) is 9.59 Å². The molecular formula is C14H26N2O3S. The number of rotatable bonds is 8. The summed E-state index contributed by atoms with van der Waals surface area (Å²) in [6.45, 7) is 3.96. The molecule has 1 aliphatic rings. The maximum absolute atomic E-state index is 11.9. The summed E-state index contributed by atoms with van der Waals surface area (Å²) in [5.41, 5.74) is 0. The first-order valence-electron chi connectivity index (χ1n) is 7.29. The third kappa shape index (κ3) is 6.13. The Hall–Kier alpha value is -0.750. The zero-order valence-corrected chi connectivity index (χ0v) is 13.2. The van der Waals surface area contributed by atoms with Crippen molar-refractivity contribution in [1.82, 2.24) is 10.2 Å². The third-order valence-corrected chi connectivity index (χ3v) is 4.45. The highest BCUT2D eigenvalue weighted by Crippen LogP contribution is 2.16. The van der Waals surface area contributed by atoms with Crippen LogP contribution in [0.2, 0.25) is 0 Å². The molecule has 5 nitrogen and oxygen atoms in total. The van der Waals surface area contributed by atoms with E-state index < -0.39 is 12.0 Å². The first-order chi connectivity index (χ1) is 9.54. The average molecular weight is 302 g/mol. The monoisotopic (exact) mass is 302 g/mol. The smallest absolute Gasteiger partial charge is 0.326 e. The van der Waals surface area contributed by atoms with Gasteiger partial charge in [-0.3, -0.25) is 4.79 Å². The van der Waals surface area contributed by atoms with Crippen LogP contribution in [0.3, 0.4) is 0 Å². The zero-order chi connectivity index (χ0) is 15.0. The Balaban J connectivity index is 2.31. The summed E-state index contributed by atoms with van der Waals surface area (Å²) in [5, 5.41) is 11.7. The maximum atomic E-state index is 11.9. The minimum absolute atomic E-state index is 0.156. The molecule has 0 saturated carbocycles. The number of likely N-dealkylation sites (tertiary alicyclic amines) is 1. The molecule has 1 aliphatic heterocycles. The molecule has 0 aromatic heterocycles. The Morgan fingerprint density at radius 3 is 2.80 bits per heavy atom. The van der Waals surface area contributed by atoms with Gasteiger partial charge in [0.1, 0.15) is 6.04 Å². The predicted molar refractivity (Wildman–Crippen MR) is 82.1 cm³/mol. The number of carboxylic acids is 1. The number of nitrogens with zero attached hydrogens (tertiary/aromatic N) is 1. The quantitative estimate of drug-likeness (QED) is 0.712. The van der Waals surface area contributed by atoms with E-state index in [4.69, 9.17) is 5.11 Å². The summed E-state index contributed by atoms with van der Waals surface area (Å²) in [6, 6.07) is -0.225.